The van der Waals surface area contributed by atoms with Crippen molar-refractivity contribution >= 4 is 17.7 Å². The second-order valence-electron chi connectivity index (χ2n) is 1.82. The standard InChI is InChI=1S/C6H12ClNO2/c1-3-5(8-7)6(9)10-4-2/h5,8H,3-4H2,1-2H3. The number of ether oxygens (including phenoxy) is 1. The van der Waals surface area contributed by atoms with Gasteiger partial charge in [-0.1, -0.05) is 6.92 Å². The zero-order valence-electron chi connectivity index (χ0n) is 6.19. The van der Waals surface area contributed by atoms with E-state index in [4.69, 9.17) is 16.5 Å². The molecule has 0 fully saturated rings. The van der Waals surface area contributed by atoms with Crippen molar-refractivity contribution < 1.29 is 9.53 Å². The van der Waals surface area contributed by atoms with E-state index in [0.29, 0.717) is 13.0 Å². The molecule has 0 aliphatic heterocycles. The maximum atomic E-state index is 10.8. The third kappa shape index (κ3) is 3.03. The molecular weight excluding hydrogens is 154 g/mol. The van der Waals surface area contributed by atoms with Gasteiger partial charge in [0.25, 0.3) is 0 Å². The lowest BCUT2D eigenvalue weighted by molar-refractivity contribution is -0.145. The van der Waals surface area contributed by atoms with Crippen LogP contribution in [0.5, 0.6) is 0 Å². The molecule has 0 aliphatic rings. The van der Waals surface area contributed by atoms with Gasteiger partial charge in [0.2, 0.25) is 0 Å². The first-order chi connectivity index (χ1) is 4.76. The van der Waals surface area contributed by atoms with Gasteiger partial charge >= 0.3 is 5.97 Å². The Morgan fingerprint density at radius 2 is 2.30 bits per heavy atom. The molecule has 3 nitrogen and oxygen atoms in total. The van der Waals surface area contributed by atoms with Crippen molar-refractivity contribution in [2.24, 2.45) is 0 Å². The van der Waals surface area contributed by atoms with Gasteiger partial charge in [-0.2, -0.15) is 0 Å². The molecule has 4 heteroatoms. The fourth-order valence-electron chi connectivity index (χ4n) is 0.531. The summed E-state index contributed by atoms with van der Waals surface area (Å²) in [5.41, 5.74) is 0. The predicted molar refractivity (Wildman–Crippen MR) is 39.7 cm³/mol. The van der Waals surface area contributed by atoms with Crippen LogP contribution in [-0.2, 0) is 9.53 Å². The van der Waals surface area contributed by atoms with Gasteiger partial charge in [0, 0.05) is 0 Å². The van der Waals surface area contributed by atoms with Gasteiger partial charge in [0.1, 0.15) is 6.04 Å². The first-order valence-electron chi connectivity index (χ1n) is 3.29. The smallest absolute Gasteiger partial charge is 0.324 e. The molecule has 0 spiro atoms. The molecule has 0 aromatic heterocycles. The second kappa shape index (κ2) is 5.50. The Balaban J connectivity index is 3.65. The first kappa shape index (κ1) is 9.72. The number of nitrogens with one attached hydrogen (secondary N) is 1. The fraction of sp³-hybridized carbons (Fsp3) is 0.833. The molecule has 1 atom stereocenters. The minimum Gasteiger partial charge on any atom is -0.465 e. The minimum absolute atomic E-state index is 0.292. The number of hydrogen-bond acceptors (Lipinski definition) is 3. The number of rotatable bonds is 4. The van der Waals surface area contributed by atoms with E-state index in [-0.39, 0.29) is 12.0 Å². The normalized spacial score (nSPS) is 12.7. The van der Waals surface area contributed by atoms with Gasteiger partial charge in [-0.3, -0.25) is 4.79 Å². The minimum atomic E-state index is -0.374. The van der Waals surface area contributed by atoms with Crippen LogP contribution in [0, 0.1) is 0 Å². The van der Waals surface area contributed by atoms with Crippen LogP contribution in [0.2, 0.25) is 0 Å². The summed E-state index contributed by atoms with van der Waals surface area (Å²) in [6, 6.07) is -0.374. The monoisotopic (exact) mass is 165 g/mol. The first-order valence-corrected chi connectivity index (χ1v) is 3.66. The van der Waals surface area contributed by atoms with E-state index in [1.54, 1.807) is 6.92 Å². The Bertz CT molecular complexity index is 104. The summed E-state index contributed by atoms with van der Waals surface area (Å²) in [7, 11) is 0. The number of carbonyl (C=O) groups excluding carboxylic acids is 1. The SMILES string of the molecule is CCOC(=O)C(CC)NCl. The molecule has 0 rings (SSSR count). The lowest BCUT2D eigenvalue weighted by atomic mass is 10.2. The highest BCUT2D eigenvalue weighted by Gasteiger charge is 2.14. The van der Waals surface area contributed by atoms with Crippen molar-refractivity contribution in [2.75, 3.05) is 6.61 Å². The Morgan fingerprint density at radius 3 is 2.60 bits per heavy atom. The zero-order chi connectivity index (χ0) is 7.98. The van der Waals surface area contributed by atoms with E-state index in [0.717, 1.165) is 0 Å². The molecule has 0 radical (unpaired) electrons. The molecule has 1 N–H and O–H groups in total. The van der Waals surface area contributed by atoms with Crippen molar-refractivity contribution in [3.63, 3.8) is 0 Å². The number of carbonyl (C=O) groups is 1. The molecule has 60 valence electrons. The summed E-state index contributed by atoms with van der Waals surface area (Å²) >= 11 is 5.25. The summed E-state index contributed by atoms with van der Waals surface area (Å²) in [6.45, 7) is 4.02. The molecule has 1 unspecified atom stereocenters. The van der Waals surface area contributed by atoms with Crippen molar-refractivity contribution in [3.05, 3.63) is 0 Å². The van der Waals surface area contributed by atoms with Gasteiger partial charge in [-0.05, 0) is 25.1 Å². The van der Waals surface area contributed by atoms with Gasteiger partial charge in [0.15, 0.2) is 0 Å². The van der Waals surface area contributed by atoms with Crippen LogP contribution in [0.1, 0.15) is 20.3 Å². The Labute approximate surface area is 65.8 Å². The third-order valence-corrected chi connectivity index (χ3v) is 1.37. The van der Waals surface area contributed by atoms with E-state index >= 15 is 0 Å². The summed E-state index contributed by atoms with van der Waals surface area (Å²) in [5.74, 6) is -0.292. The zero-order valence-corrected chi connectivity index (χ0v) is 6.94. The molecular formula is C6H12ClNO2. The van der Waals surface area contributed by atoms with Crippen molar-refractivity contribution in [1.82, 2.24) is 4.84 Å². The molecule has 10 heavy (non-hydrogen) atoms. The highest BCUT2D eigenvalue weighted by molar-refractivity contribution is 6.14. The summed E-state index contributed by atoms with van der Waals surface area (Å²) < 4.78 is 4.70. The average molecular weight is 166 g/mol. The number of hydrogen-bond donors (Lipinski definition) is 1. The van der Waals surface area contributed by atoms with Crippen molar-refractivity contribution in [2.45, 2.75) is 26.3 Å². The Kier molecular flexibility index (Phi) is 5.35. The van der Waals surface area contributed by atoms with Crippen LogP contribution in [0.25, 0.3) is 0 Å². The molecule has 0 aliphatic carbocycles. The maximum Gasteiger partial charge on any atom is 0.324 e. The number of esters is 1. The van der Waals surface area contributed by atoms with Gasteiger partial charge in [0.05, 0.1) is 6.61 Å². The Hall–Kier alpha value is -0.280. The number of halogens is 1. The second-order valence-corrected chi connectivity index (χ2v) is 2.04. The van der Waals surface area contributed by atoms with Crippen LogP contribution in [0.4, 0.5) is 0 Å². The van der Waals surface area contributed by atoms with Crippen LogP contribution < -0.4 is 4.84 Å². The van der Waals surface area contributed by atoms with Gasteiger partial charge in [-0.15, -0.1) is 0 Å². The lowest BCUT2D eigenvalue weighted by Gasteiger charge is -2.09. The Morgan fingerprint density at radius 1 is 1.70 bits per heavy atom. The maximum absolute atomic E-state index is 10.8. The van der Waals surface area contributed by atoms with E-state index in [2.05, 4.69) is 4.84 Å². The summed E-state index contributed by atoms with van der Waals surface area (Å²) in [5, 5.41) is 0. The summed E-state index contributed by atoms with van der Waals surface area (Å²) in [4.78, 5) is 13.2. The van der Waals surface area contributed by atoms with Crippen molar-refractivity contribution in [3.8, 4) is 0 Å². The van der Waals surface area contributed by atoms with E-state index in [1.807, 2.05) is 6.92 Å². The summed E-state index contributed by atoms with van der Waals surface area (Å²) in [6.07, 6.45) is 0.641. The average Bonchev–Trinajstić information content (AvgIpc) is 1.91. The van der Waals surface area contributed by atoms with Crippen LogP contribution >= 0.6 is 11.8 Å². The highest BCUT2D eigenvalue weighted by atomic mass is 35.5. The van der Waals surface area contributed by atoms with E-state index < -0.39 is 0 Å². The molecule has 0 bridgehead atoms. The van der Waals surface area contributed by atoms with Gasteiger partial charge < -0.3 is 4.74 Å². The van der Waals surface area contributed by atoms with Crippen molar-refractivity contribution in [1.29, 1.82) is 0 Å². The molecule has 0 aromatic rings. The molecule has 0 saturated heterocycles. The largest absolute Gasteiger partial charge is 0.465 e. The quantitative estimate of drug-likeness (QED) is 0.500. The van der Waals surface area contributed by atoms with E-state index in [9.17, 15) is 4.79 Å². The topological polar surface area (TPSA) is 38.3 Å². The predicted octanol–water partition coefficient (Wildman–Crippen LogP) is 1.07. The fourth-order valence-corrected chi connectivity index (χ4v) is 0.775. The lowest BCUT2D eigenvalue weighted by Crippen LogP contribution is -2.31. The molecule has 0 aromatic carbocycles. The van der Waals surface area contributed by atoms with Gasteiger partial charge in [-0.25, -0.2) is 4.84 Å². The van der Waals surface area contributed by atoms with E-state index in [1.165, 1.54) is 0 Å². The molecule has 0 saturated carbocycles. The van der Waals surface area contributed by atoms with Crippen LogP contribution in [-0.4, -0.2) is 18.6 Å². The van der Waals surface area contributed by atoms with Crippen LogP contribution in [0.3, 0.4) is 0 Å². The van der Waals surface area contributed by atoms with Crippen LogP contribution in [0.15, 0.2) is 0 Å². The highest BCUT2D eigenvalue weighted by Crippen LogP contribution is 1.95. The third-order valence-electron chi connectivity index (χ3n) is 1.11. The molecule has 0 heterocycles. The molecule has 0 amide bonds.